The molecule has 4 aromatic rings. The van der Waals surface area contributed by atoms with E-state index in [1.54, 1.807) is 48.5 Å². The van der Waals surface area contributed by atoms with Gasteiger partial charge in [0.25, 0.3) is 5.89 Å². The van der Waals surface area contributed by atoms with Crippen LogP contribution in [0.3, 0.4) is 0 Å². The van der Waals surface area contributed by atoms with E-state index in [0.717, 1.165) is 11.1 Å². The monoisotopic (exact) mass is 348 g/mol. The minimum absolute atomic E-state index is 0.172. The van der Waals surface area contributed by atoms with Gasteiger partial charge in [-0.15, -0.1) is 0 Å². The van der Waals surface area contributed by atoms with Gasteiger partial charge in [0, 0.05) is 11.1 Å². The number of phenolic OH excluding ortho intramolecular Hbond substituents is 1. The zero-order chi connectivity index (χ0) is 17.9. The molecule has 1 heterocycles. The van der Waals surface area contributed by atoms with Gasteiger partial charge in [0.15, 0.2) is 0 Å². The van der Waals surface area contributed by atoms with Gasteiger partial charge in [-0.25, -0.2) is 4.39 Å². The van der Waals surface area contributed by atoms with Crippen LogP contribution in [0.15, 0.2) is 77.3 Å². The molecule has 0 atom stereocenters. The van der Waals surface area contributed by atoms with Gasteiger partial charge in [0.05, 0.1) is 0 Å². The lowest BCUT2D eigenvalue weighted by molar-refractivity contribution is 0.432. The molecule has 1 N–H and O–H groups in total. The lowest BCUT2D eigenvalue weighted by atomic mass is 10.2. The topological polar surface area (TPSA) is 68.4 Å². The summed E-state index contributed by atoms with van der Waals surface area (Å²) in [5, 5.41) is 13.3. The molecule has 6 heteroatoms. The van der Waals surface area contributed by atoms with Crippen LogP contribution >= 0.6 is 0 Å². The third kappa shape index (κ3) is 3.39. The van der Waals surface area contributed by atoms with Crippen molar-refractivity contribution in [3.8, 4) is 40.1 Å². The maximum atomic E-state index is 12.9. The summed E-state index contributed by atoms with van der Waals surface area (Å²) in [5.74, 6) is 1.84. The van der Waals surface area contributed by atoms with E-state index in [9.17, 15) is 9.50 Å². The van der Waals surface area contributed by atoms with Crippen LogP contribution in [0.1, 0.15) is 0 Å². The second-order valence-electron chi connectivity index (χ2n) is 5.55. The van der Waals surface area contributed by atoms with Crippen molar-refractivity contribution >= 4 is 0 Å². The molecule has 0 aliphatic rings. The van der Waals surface area contributed by atoms with Gasteiger partial charge >= 0.3 is 0 Å². The highest BCUT2D eigenvalue weighted by molar-refractivity contribution is 5.61. The standard InChI is InChI=1S/C20H13FN2O3/c21-15-5-11-18(12-6-15)25-17-9-3-13(4-10-17)19-22-20(26-23-19)14-1-7-16(24)8-2-14/h1-12,24H. The Kier molecular flexibility index (Phi) is 4.07. The Hall–Kier alpha value is -3.67. The lowest BCUT2D eigenvalue weighted by Gasteiger charge is -2.05. The fourth-order valence-electron chi connectivity index (χ4n) is 2.37. The largest absolute Gasteiger partial charge is 0.508 e. The first kappa shape index (κ1) is 15.8. The van der Waals surface area contributed by atoms with E-state index in [2.05, 4.69) is 10.1 Å². The molecule has 0 saturated carbocycles. The van der Waals surface area contributed by atoms with Gasteiger partial charge in [-0.05, 0) is 72.8 Å². The van der Waals surface area contributed by atoms with E-state index < -0.39 is 0 Å². The number of aromatic nitrogens is 2. The highest BCUT2D eigenvalue weighted by atomic mass is 19.1. The summed E-state index contributed by atoms with van der Waals surface area (Å²) in [5.41, 5.74) is 1.49. The summed E-state index contributed by atoms with van der Waals surface area (Å²) in [4.78, 5) is 4.36. The number of aromatic hydroxyl groups is 1. The summed E-state index contributed by atoms with van der Waals surface area (Å²) < 4.78 is 23.8. The Balaban J connectivity index is 1.52. The number of nitrogens with zero attached hydrogens (tertiary/aromatic N) is 2. The van der Waals surface area contributed by atoms with Gasteiger partial charge in [0.2, 0.25) is 5.82 Å². The second-order valence-corrected chi connectivity index (χ2v) is 5.55. The molecule has 1 aromatic heterocycles. The van der Waals surface area contributed by atoms with Crippen LogP contribution in [0.5, 0.6) is 17.2 Å². The van der Waals surface area contributed by atoms with Gasteiger partial charge in [-0.2, -0.15) is 4.98 Å². The Morgan fingerprint density at radius 3 is 2.00 bits per heavy atom. The molecule has 0 radical (unpaired) electrons. The van der Waals surface area contributed by atoms with Crippen molar-refractivity contribution in [2.24, 2.45) is 0 Å². The van der Waals surface area contributed by atoms with Crippen LogP contribution in [0.25, 0.3) is 22.8 Å². The lowest BCUT2D eigenvalue weighted by Crippen LogP contribution is -1.86. The fourth-order valence-corrected chi connectivity index (χ4v) is 2.37. The van der Waals surface area contributed by atoms with Crippen molar-refractivity contribution in [3.63, 3.8) is 0 Å². The number of benzene rings is 3. The molecular weight excluding hydrogens is 335 g/mol. The number of phenols is 1. The van der Waals surface area contributed by atoms with Gasteiger partial charge in [0.1, 0.15) is 23.1 Å². The summed E-state index contributed by atoms with van der Waals surface area (Å²) in [6, 6.07) is 19.5. The molecule has 3 aromatic carbocycles. The minimum atomic E-state index is -0.311. The van der Waals surface area contributed by atoms with Crippen LogP contribution < -0.4 is 4.74 Å². The molecule has 0 fully saturated rings. The first-order chi connectivity index (χ1) is 12.7. The Morgan fingerprint density at radius 1 is 0.769 bits per heavy atom. The van der Waals surface area contributed by atoms with Crippen LogP contribution in [0, 0.1) is 5.82 Å². The van der Waals surface area contributed by atoms with E-state index in [1.807, 2.05) is 12.1 Å². The fraction of sp³-hybridized carbons (Fsp3) is 0. The number of ether oxygens (including phenoxy) is 1. The van der Waals surface area contributed by atoms with E-state index in [0.29, 0.717) is 23.2 Å². The maximum absolute atomic E-state index is 12.9. The van der Waals surface area contributed by atoms with Crippen LogP contribution in [0.2, 0.25) is 0 Å². The van der Waals surface area contributed by atoms with Crippen molar-refractivity contribution < 1.29 is 18.8 Å². The number of hydrogen-bond donors (Lipinski definition) is 1. The predicted molar refractivity (Wildman–Crippen MR) is 93.3 cm³/mol. The van der Waals surface area contributed by atoms with Crippen molar-refractivity contribution in [2.75, 3.05) is 0 Å². The third-order valence-corrected chi connectivity index (χ3v) is 3.70. The van der Waals surface area contributed by atoms with E-state index in [1.165, 1.54) is 12.1 Å². The first-order valence-corrected chi connectivity index (χ1v) is 7.84. The zero-order valence-corrected chi connectivity index (χ0v) is 13.5. The van der Waals surface area contributed by atoms with Crippen LogP contribution in [0.4, 0.5) is 4.39 Å². The predicted octanol–water partition coefficient (Wildman–Crippen LogP) is 5.04. The normalized spacial score (nSPS) is 10.7. The Morgan fingerprint density at radius 2 is 1.35 bits per heavy atom. The van der Waals surface area contributed by atoms with E-state index >= 15 is 0 Å². The minimum Gasteiger partial charge on any atom is -0.508 e. The molecule has 0 aliphatic carbocycles. The van der Waals surface area contributed by atoms with Crippen molar-refractivity contribution in [1.29, 1.82) is 0 Å². The first-order valence-electron chi connectivity index (χ1n) is 7.84. The average Bonchev–Trinajstić information content (AvgIpc) is 3.15. The van der Waals surface area contributed by atoms with Crippen LogP contribution in [-0.4, -0.2) is 15.2 Å². The maximum Gasteiger partial charge on any atom is 0.258 e. The number of rotatable bonds is 4. The van der Waals surface area contributed by atoms with Crippen molar-refractivity contribution in [3.05, 3.63) is 78.6 Å². The summed E-state index contributed by atoms with van der Waals surface area (Å²) >= 11 is 0. The third-order valence-electron chi connectivity index (χ3n) is 3.70. The highest BCUT2D eigenvalue weighted by Gasteiger charge is 2.11. The summed E-state index contributed by atoms with van der Waals surface area (Å²) in [6.45, 7) is 0. The molecule has 128 valence electrons. The van der Waals surface area contributed by atoms with Crippen molar-refractivity contribution in [2.45, 2.75) is 0 Å². The molecule has 0 saturated heterocycles. The summed E-state index contributed by atoms with van der Waals surface area (Å²) in [6.07, 6.45) is 0. The second kappa shape index (κ2) is 6.68. The molecule has 5 nitrogen and oxygen atoms in total. The average molecular weight is 348 g/mol. The molecule has 26 heavy (non-hydrogen) atoms. The summed E-state index contributed by atoms with van der Waals surface area (Å²) in [7, 11) is 0. The van der Waals surface area contributed by atoms with Gasteiger partial charge in [-0.3, -0.25) is 0 Å². The Labute approximate surface area is 148 Å². The molecule has 4 rings (SSSR count). The number of halogens is 1. The molecule has 0 bridgehead atoms. The Bertz CT molecular complexity index is 1010. The molecule has 0 amide bonds. The van der Waals surface area contributed by atoms with E-state index in [4.69, 9.17) is 9.26 Å². The smallest absolute Gasteiger partial charge is 0.258 e. The van der Waals surface area contributed by atoms with E-state index in [-0.39, 0.29) is 11.6 Å². The molecule has 0 aliphatic heterocycles. The molecule has 0 spiro atoms. The molecule has 0 unspecified atom stereocenters. The SMILES string of the molecule is Oc1ccc(-c2nc(-c3ccc(Oc4ccc(F)cc4)cc3)no2)cc1. The van der Waals surface area contributed by atoms with Crippen LogP contribution in [-0.2, 0) is 0 Å². The molecular formula is C20H13FN2O3. The quantitative estimate of drug-likeness (QED) is 0.559. The van der Waals surface area contributed by atoms with Gasteiger partial charge < -0.3 is 14.4 Å². The van der Waals surface area contributed by atoms with Crippen molar-refractivity contribution in [1.82, 2.24) is 10.1 Å². The zero-order valence-electron chi connectivity index (χ0n) is 13.5. The van der Waals surface area contributed by atoms with Gasteiger partial charge in [-0.1, -0.05) is 5.16 Å². The highest BCUT2D eigenvalue weighted by Crippen LogP contribution is 2.27. The number of hydrogen-bond acceptors (Lipinski definition) is 5.